The zero-order chi connectivity index (χ0) is 21.2. The number of amides is 1. The Bertz CT molecular complexity index is 1380. The fourth-order valence-electron chi connectivity index (χ4n) is 3.18. The Hall–Kier alpha value is -4.46. The van der Waals surface area contributed by atoms with Crippen LogP contribution in [0.3, 0.4) is 0 Å². The van der Waals surface area contributed by atoms with Crippen LogP contribution >= 0.6 is 0 Å². The molecule has 7 nitrogen and oxygen atoms in total. The number of halogens is 1. The van der Waals surface area contributed by atoms with Crippen LogP contribution in [0.2, 0.25) is 0 Å². The summed E-state index contributed by atoms with van der Waals surface area (Å²) in [5.74, 6) is -0.122. The van der Waals surface area contributed by atoms with E-state index in [1.165, 1.54) is 24.3 Å². The third-order valence-electron chi connectivity index (χ3n) is 4.71. The second kappa shape index (κ2) is 7.75. The Balaban J connectivity index is 1.46. The van der Waals surface area contributed by atoms with Crippen LogP contribution in [0.15, 0.2) is 85.2 Å². The second-order valence-corrected chi connectivity index (χ2v) is 6.80. The molecule has 31 heavy (non-hydrogen) atoms. The molecular weight excluding hydrogens is 395 g/mol. The Morgan fingerprint density at radius 3 is 2.55 bits per heavy atom. The number of nitrogens with one attached hydrogen (secondary N) is 1. The second-order valence-electron chi connectivity index (χ2n) is 6.80. The van der Waals surface area contributed by atoms with Gasteiger partial charge in [0, 0.05) is 34.8 Å². The maximum atomic E-state index is 13.1. The largest absolute Gasteiger partial charge is 0.322 e. The number of hydrogen-bond acceptors (Lipinski definition) is 5. The molecule has 0 unspecified atom stereocenters. The predicted octanol–water partition coefficient (Wildman–Crippen LogP) is 4.24. The predicted molar refractivity (Wildman–Crippen MR) is 114 cm³/mol. The number of nitrogens with zero attached hydrogens (tertiary/aromatic N) is 5. The van der Waals surface area contributed by atoms with Crippen molar-refractivity contribution in [1.29, 1.82) is 0 Å². The van der Waals surface area contributed by atoms with Gasteiger partial charge in [0.25, 0.3) is 5.91 Å². The molecule has 0 fully saturated rings. The van der Waals surface area contributed by atoms with Gasteiger partial charge in [-0.2, -0.15) is 9.61 Å². The molecule has 150 valence electrons. The highest BCUT2D eigenvalue weighted by Crippen LogP contribution is 2.23. The number of carbonyl (C=O) groups excluding carboxylic acids is 1. The fraction of sp³-hybridized carbons (Fsp3) is 0. The van der Waals surface area contributed by atoms with Crippen molar-refractivity contribution in [2.24, 2.45) is 0 Å². The molecule has 0 atom stereocenters. The normalized spacial score (nSPS) is 10.9. The van der Waals surface area contributed by atoms with Gasteiger partial charge < -0.3 is 5.32 Å². The minimum absolute atomic E-state index is 0.321. The van der Waals surface area contributed by atoms with Crippen molar-refractivity contribution in [3.63, 3.8) is 0 Å². The van der Waals surface area contributed by atoms with Crippen molar-refractivity contribution in [2.75, 3.05) is 5.32 Å². The maximum absolute atomic E-state index is 13.1. The third-order valence-corrected chi connectivity index (χ3v) is 4.71. The molecular formula is C23H15FN6O. The molecule has 5 rings (SSSR count). The van der Waals surface area contributed by atoms with Crippen LogP contribution in [0, 0.1) is 5.82 Å². The van der Waals surface area contributed by atoms with E-state index in [4.69, 9.17) is 0 Å². The minimum Gasteiger partial charge on any atom is -0.322 e. The van der Waals surface area contributed by atoms with Crippen molar-refractivity contribution in [1.82, 2.24) is 24.8 Å². The fourth-order valence-corrected chi connectivity index (χ4v) is 3.18. The van der Waals surface area contributed by atoms with Crippen molar-refractivity contribution in [3.8, 4) is 22.6 Å². The van der Waals surface area contributed by atoms with Crippen LogP contribution in [0.1, 0.15) is 10.4 Å². The topological polar surface area (TPSA) is 85.1 Å². The average Bonchev–Trinajstić information content (AvgIpc) is 3.23. The van der Waals surface area contributed by atoms with Gasteiger partial charge in [0.1, 0.15) is 5.82 Å². The van der Waals surface area contributed by atoms with Gasteiger partial charge in [-0.15, -0.1) is 10.2 Å². The molecule has 0 aliphatic carbocycles. The van der Waals surface area contributed by atoms with E-state index in [0.29, 0.717) is 28.4 Å². The van der Waals surface area contributed by atoms with Crippen LogP contribution in [-0.2, 0) is 0 Å². The van der Waals surface area contributed by atoms with Crippen LogP contribution < -0.4 is 5.32 Å². The summed E-state index contributed by atoms with van der Waals surface area (Å²) >= 11 is 0. The minimum atomic E-state index is -0.389. The smallest absolute Gasteiger partial charge is 0.255 e. The van der Waals surface area contributed by atoms with Crippen molar-refractivity contribution < 1.29 is 9.18 Å². The number of pyridine rings is 1. The van der Waals surface area contributed by atoms with Gasteiger partial charge in [-0.3, -0.25) is 9.78 Å². The monoisotopic (exact) mass is 410 g/mol. The summed E-state index contributed by atoms with van der Waals surface area (Å²) in [7, 11) is 0. The SMILES string of the molecule is O=C(Nc1cccc(-c2ccc3nnc(-c4cccnc4)n3n2)c1)c1ccc(F)cc1. The Morgan fingerprint density at radius 2 is 1.74 bits per heavy atom. The summed E-state index contributed by atoms with van der Waals surface area (Å²) in [6.45, 7) is 0. The van der Waals surface area contributed by atoms with Crippen molar-refractivity contribution >= 4 is 17.2 Å². The number of hydrogen-bond donors (Lipinski definition) is 1. The quantitative estimate of drug-likeness (QED) is 0.479. The summed E-state index contributed by atoms with van der Waals surface area (Å²) in [5.41, 5.74) is 3.89. The molecule has 0 saturated carbocycles. The summed E-state index contributed by atoms with van der Waals surface area (Å²) in [6.07, 6.45) is 3.40. The van der Waals surface area contributed by atoms with Crippen molar-refractivity contribution in [3.05, 3.63) is 96.6 Å². The van der Waals surface area contributed by atoms with E-state index in [-0.39, 0.29) is 11.7 Å². The summed E-state index contributed by atoms with van der Waals surface area (Å²) in [4.78, 5) is 16.6. The van der Waals surface area contributed by atoms with Gasteiger partial charge in [0.2, 0.25) is 0 Å². The molecule has 1 amide bonds. The zero-order valence-corrected chi connectivity index (χ0v) is 16.1. The number of carbonyl (C=O) groups is 1. The summed E-state index contributed by atoms with van der Waals surface area (Å²) in [5, 5.41) is 15.9. The lowest BCUT2D eigenvalue weighted by Gasteiger charge is -2.08. The Labute approximate surface area is 176 Å². The molecule has 0 bridgehead atoms. The Kier molecular flexibility index (Phi) is 4.64. The van der Waals surface area contributed by atoms with E-state index in [9.17, 15) is 9.18 Å². The summed E-state index contributed by atoms with van der Waals surface area (Å²) < 4.78 is 14.8. The highest BCUT2D eigenvalue weighted by molar-refractivity contribution is 6.04. The lowest BCUT2D eigenvalue weighted by Crippen LogP contribution is -2.11. The van der Waals surface area contributed by atoms with E-state index < -0.39 is 0 Å². The number of anilines is 1. The summed E-state index contributed by atoms with van der Waals surface area (Å²) in [6, 6.07) is 20.1. The third kappa shape index (κ3) is 3.74. The first-order chi connectivity index (χ1) is 15.2. The lowest BCUT2D eigenvalue weighted by molar-refractivity contribution is 0.102. The first-order valence-corrected chi connectivity index (χ1v) is 9.47. The zero-order valence-electron chi connectivity index (χ0n) is 16.1. The highest BCUT2D eigenvalue weighted by atomic mass is 19.1. The maximum Gasteiger partial charge on any atom is 0.255 e. The standard InChI is InChI=1S/C23H15FN6O/c24-18-8-6-15(7-9-18)23(31)26-19-5-1-3-16(13-19)20-10-11-21-27-28-22(30(21)29-20)17-4-2-12-25-14-17/h1-14H,(H,26,31). The van der Waals surface area contributed by atoms with Crippen LogP contribution in [0.5, 0.6) is 0 Å². The highest BCUT2D eigenvalue weighted by Gasteiger charge is 2.12. The molecule has 1 N–H and O–H groups in total. The van der Waals surface area contributed by atoms with Gasteiger partial charge in [-0.25, -0.2) is 4.39 Å². The number of aromatic nitrogens is 5. The number of rotatable bonds is 4. The molecule has 0 saturated heterocycles. The molecule has 3 heterocycles. The first kappa shape index (κ1) is 18.6. The number of fused-ring (bicyclic) bond motifs is 1. The number of benzene rings is 2. The van der Waals surface area contributed by atoms with E-state index in [0.717, 1.165) is 11.1 Å². The molecule has 0 aliphatic rings. The van der Waals surface area contributed by atoms with Crippen LogP contribution in [0.4, 0.5) is 10.1 Å². The van der Waals surface area contributed by atoms with Crippen LogP contribution in [0.25, 0.3) is 28.3 Å². The van der Waals surface area contributed by atoms with Gasteiger partial charge in [0.05, 0.1) is 5.69 Å². The molecule has 0 aliphatic heterocycles. The van der Waals surface area contributed by atoms with E-state index in [1.54, 1.807) is 23.0 Å². The molecule has 0 spiro atoms. The van der Waals surface area contributed by atoms with Gasteiger partial charge in [0.15, 0.2) is 11.5 Å². The van der Waals surface area contributed by atoms with E-state index >= 15 is 0 Å². The molecule has 0 radical (unpaired) electrons. The Morgan fingerprint density at radius 1 is 0.903 bits per heavy atom. The average molecular weight is 410 g/mol. The molecule has 2 aromatic carbocycles. The lowest BCUT2D eigenvalue weighted by atomic mass is 10.1. The van der Waals surface area contributed by atoms with Gasteiger partial charge in [-0.05, 0) is 60.7 Å². The van der Waals surface area contributed by atoms with Gasteiger partial charge in [-0.1, -0.05) is 12.1 Å². The van der Waals surface area contributed by atoms with Crippen molar-refractivity contribution in [2.45, 2.75) is 0 Å². The molecule has 3 aromatic heterocycles. The first-order valence-electron chi connectivity index (χ1n) is 9.47. The van der Waals surface area contributed by atoms with Gasteiger partial charge >= 0.3 is 0 Å². The van der Waals surface area contributed by atoms with E-state index in [2.05, 4.69) is 25.6 Å². The molecule has 8 heteroatoms. The van der Waals surface area contributed by atoms with Crippen LogP contribution in [-0.4, -0.2) is 30.7 Å². The van der Waals surface area contributed by atoms with E-state index in [1.807, 2.05) is 42.5 Å². The molecule has 5 aromatic rings.